The lowest BCUT2D eigenvalue weighted by molar-refractivity contribution is 0.0483. The molecule has 1 fully saturated rings. The Kier molecular flexibility index (Phi) is 4.15. The molecule has 25 heavy (non-hydrogen) atoms. The number of hydrogen-bond donors (Lipinski definition) is 0. The molecular weight excluding hydrogens is 312 g/mol. The molecule has 0 aromatic carbocycles. The van der Waals surface area contributed by atoms with E-state index < -0.39 is 0 Å². The van der Waals surface area contributed by atoms with Crippen LogP contribution < -0.4 is 0 Å². The van der Waals surface area contributed by atoms with E-state index >= 15 is 0 Å². The highest BCUT2D eigenvalue weighted by atomic mass is 16.2. The lowest BCUT2D eigenvalue weighted by atomic mass is 9.71. The van der Waals surface area contributed by atoms with Crippen LogP contribution in [-0.2, 0) is 0 Å². The summed E-state index contributed by atoms with van der Waals surface area (Å²) < 4.78 is 1.75. The van der Waals surface area contributed by atoms with E-state index in [1.165, 1.54) is 12.8 Å². The minimum absolute atomic E-state index is 0.105. The molecule has 1 aliphatic carbocycles. The molecule has 0 N–H and O–H groups in total. The number of likely N-dealkylation sites (tertiary alicyclic amines) is 1. The molecule has 5 nitrogen and oxygen atoms in total. The predicted octanol–water partition coefficient (Wildman–Crippen LogP) is 3.54. The molecular formula is C20H24N4O. The Balaban J connectivity index is 1.57. The van der Waals surface area contributed by atoms with Gasteiger partial charge >= 0.3 is 0 Å². The average molecular weight is 336 g/mol. The van der Waals surface area contributed by atoms with E-state index in [-0.39, 0.29) is 11.3 Å². The van der Waals surface area contributed by atoms with Crippen LogP contribution in [0.4, 0.5) is 0 Å². The summed E-state index contributed by atoms with van der Waals surface area (Å²) in [6.07, 6.45) is 13.7. The minimum Gasteiger partial charge on any atom is -0.338 e. The molecule has 130 valence electrons. The SMILES string of the molecule is Cc1c(C(=O)N2CCC[C@]3(CC=CCC3)C2)cnn1-c1ccccn1. The number of aromatic nitrogens is 3. The van der Waals surface area contributed by atoms with Crippen LogP contribution in [-0.4, -0.2) is 38.7 Å². The van der Waals surface area contributed by atoms with Gasteiger partial charge in [0.2, 0.25) is 0 Å². The maximum Gasteiger partial charge on any atom is 0.257 e. The van der Waals surface area contributed by atoms with Crippen molar-refractivity contribution in [1.29, 1.82) is 0 Å². The van der Waals surface area contributed by atoms with Gasteiger partial charge in [-0.3, -0.25) is 4.79 Å². The smallest absolute Gasteiger partial charge is 0.257 e. The standard InChI is InChI=1S/C20H24N4O/c1-16-17(14-22-24(16)18-8-3-6-12-21-18)19(25)23-13-7-11-20(15-23)9-4-2-5-10-20/h2-4,6,8,12,14H,5,7,9-11,13,15H2,1H3/t20-/m1/s1. The Labute approximate surface area is 148 Å². The largest absolute Gasteiger partial charge is 0.338 e. The van der Waals surface area contributed by atoms with Gasteiger partial charge in [0.15, 0.2) is 5.82 Å². The van der Waals surface area contributed by atoms with Crippen LogP contribution in [0.25, 0.3) is 5.82 Å². The van der Waals surface area contributed by atoms with Gasteiger partial charge in [0.05, 0.1) is 17.5 Å². The molecule has 1 atom stereocenters. The molecule has 2 aliphatic rings. The van der Waals surface area contributed by atoms with E-state index in [2.05, 4.69) is 22.2 Å². The summed E-state index contributed by atoms with van der Waals surface area (Å²) in [5.74, 6) is 0.847. The minimum atomic E-state index is 0.105. The summed E-state index contributed by atoms with van der Waals surface area (Å²) in [6.45, 7) is 3.65. The van der Waals surface area contributed by atoms with Crippen molar-refractivity contribution in [2.24, 2.45) is 5.41 Å². The van der Waals surface area contributed by atoms with Crippen molar-refractivity contribution in [2.75, 3.05) is 13.1 Å². The summed E-state index contributed by atoms with van der Waals surface area (Å²) in [4.78, 5) is 19.5. The maximum absolute atomic E-state index is 13.1. The fourth-order valence-corrected chi connectivity index (χ4v) is 4.19. The molecule has 2 aromatic rings. The van der Waals surface area contributed by atoms with Crippen LogP contribution in [0.1, 0.15) is 48.2 Å². The quantitative estimate of drug-likeness (QED) is 0.788. The number of pyridine rings is 1. The van der Waals surface area contributed by atoms with Crippen LogP contribution >= 0.6 is 0 Å². The number of carbonyl (C=O) groups excluding carboxylic acids is 1. The third-order valence-corrected chi connectivity index (χ3v) is 5.61. The molecule has 2 aromatic heterocycles. The van der Waals surface area contributed by atoms with Gasteiger partial charge in [-0.25, -0.2) is 9.67 Å². The summed E-state index contributed by atoms with van der Waals surface area (Å²) in [7, 11) is 0. The molecule has 1 saturated heterocycles. The van der Waals surface area contributed by atoms with Crippen LogP contribution in [0.2, 0.25) is 0 Å². The van der Waals surface area contributed by atoms with E-state index in [0.717, 1.165) is 43.9 Å². The summed E-state index contributed by atoms with van der Waals surface area (Å²) in [6, 6.07) is 5.70. The van der Waals surface area contributed by atoms with Gasteiger partial charge in [-0.2, -0.15) is 5.10 Å². The predicted molar refractivity (Wildman–Crippen MR) is 96.7 cm³/mol. The molecule has 3 heterocycles. The van der Waals surface area contributed by atoms with E-state index in [1.54, 1.807) is 17.1 Å². The molecule has 0 saturated carbocycles. The van der Waals surface area contributed by atoms with Gasteiger partial charge < -0.3 is 4.90 Å². The summed E-state index contributed by atoms with van der Waals surface area (Å²) in [5, 5.41) is 4.40. The highest BCUT2D eigenvalue weighted by Crippen LogP contribution is 2.41. The van der Waals surface area contributed by atoms with Crippen molar-refractivity contribution in [2.45, 2.75) is 39.0 Å². The number of carbonyl (C=O) groups is 1. The van der Waals surface area contributed by atoms with Crippen molar-refractivity contribution in [3.63, 3.8) is 0 Å². The normalized spacial score (nSPS) is 23.2. The zero-order chi connectivity index (χ0) is 17.3. The number of piperidine rings is 1. The monoisotopic (exact) mass is 336 g/mol. The number of hydrogen-bond acceptors (Lipinski definition) is 3. The molecule has 4 rings (SSSR count). The number of allylic oxidation sites excluding steroid dienone is 2. The third kappa shape index (κ3) is 2.99. The Morgan fingerprint density at radius 2 is 2.16 bits per heavy atom. The maximum atomic E-state index is 13.1. The Morgan fingerprint density at radius 3 is 2.92 bits per heavy atom. The van der Waals surface area contributed by atoms with Crippen LogP contribution in [0.3, 0.4) is 0 Å². The first-order valence-electron chi connectivity index (χ1n) is 9.09. The molecule has 1 amide bonds. The lowest BCUT2D eigenvalue weighted by Crippen LogP contribution is -2.46. The van der Waals surface area contributed by atoms with Gasteiger partial charge in [0, 0.05) is 19.3 Å². The molecule has 5 heteroatoms. The van der Waals surface area contributed by atoms with E-state index in [1.807, 2.05) is 30.0 Å². The molecule has 0 bridgehead atoms. The van der Waals surface area contributed by atoms with Crippen molar-refractivity contribution in [1.82, 2.24) is 19.7 Å². The number of rotatable bonds is 2. The zero-order valence-corrected chi connectivity index (χ0v) is 14.7. The number of nitrogens with zero attached hydrogens (tertiary/aromatic N) is 4. The van der Waals surface area contributed by atoms with Gasteiger partial charge in [-0.05, 0) is 56.6 Å². The first-order chi connectivity index (χ1) is 12.2. The molecule has 1 aliphatic heterocycles. The van der Waals surface area contributed by atoms with E-state index in [0.29, 0.717) is 5.56 Å². The summed E-state index contributed by atoms with van der Waals surface area (Å²) >= 11 is 0. The lowest BCUT2D eigenvalue weighted by Gasteiger charge is -2.43. The van der Waals surface area contributed by atoms with E-state index in [9.17, 15) is 4.79 Å². The van der Waals surface area contributed by atoms with Crippen LogP contribution in [0, 0.1) is 12.3 Å². The van der Waals surface area contributed by atoms with Crippen molar-refractivity contribution >= 4 is 5.91 Å². The number of amides is 1. The van der Waals surface area contributed by atoms with Gasteiger partial charge in [-0.1, -0.05) is 18.2 Å². The van der Waals surface area contributed by atoms with Crippen molar-refractivity contribution in [3.8, 4) is 5.82 Å². The highest BCUT2D eigenvalue weighted by molar-refractivity contribution is 5.95. The fourth-order valence-electron chi connectivity index (χ4n) is 4.19. The zero-order valence-electron chi connectivity index (χ0n) is 14.7. The topological polar surface area (TPSA) is 51.0 Å². The van der Waals surface area contributed by atoms with Gasteiger partial charge in [0.1, 0.15) is 0 Å². The second-order valence-corrected chi connectivity index (χ2v) is 7.29. The second-order valence-electron chi connectivity index (χ2n) is 7.29. The fraction of sp³-hybridized carbons (Fsp3) is 0.450. The first kappa shape index (κ1) is 16.1. The Bertz CT molecular complexity index is 795. The molecule has 0 unspecified atom stereocenters. The molecule has 0 radical (unpaired) electrons. The third-order valence-electron chi connectivity index (χ3n) is 5.61. The Morgan fingerprint density at radius 1 is 1.24 bits per heavy atom. The van der Waals surface area contributed by atoms with E-state index in [4.69, 9.17) is 0 Å². The first-order valence-corrected chi connectivity index (χ1v) is 9.09. The van der Waals surface area contributed by atoms with Crippen LogP contribution in [0.15, 0.2) is 42.7 Å². The second kappa shape index (κ2) is 6.47. The summed E-state index contributed by atoms with van der Waals surface area (Å²) in [5.41, 5.74) is 1.83. The van der Waals surface area contributed by atoms with Gasteiger partial charge in [-0.15, -0.1) is 0 Å². The van der Waals surface area contributed by atoms with Crippen molar-refractivity contribution < 1.29 is 4.79 Å². The van der Waals surface area contributed by atoms with Crippen molar-refractivity contribution in [3.05, 3.63) is 54.0 Å². The molecule has 1 spiro atoms. The van der Waals surface area contributed by atoms with Gasteiger partial charge in [0.25, 0.3) is 5.91 Å². The average Bonchev–Trinajstić information content (AvgIpc) is 3.04. The van der Waals surface area contributed by atoms with Crippen LogP contribution in [0.5, 0.6) is 0 Å². The Hall–Kier alpha value is -2.43. The highest BCUT2D eigenvalue weighted by Gasteiger charge is 2.37.